The number of ether oxygens (including phenoxy) is 1. The second-order valence-corrected chi connectivity index (χ2v) is 7.56. The van der Waals surface area contributed by atoms with Crippen molar-refractivity contribution in [1.29, 1.82) is 0 Å². The predicted octanol–water partition coefficient (Wildman–Crippen LogP) is 1.18. The van der Waals surface area contributed by atoms with E-state index < -0.39 is 11.0 Å². The molecule has 1 spiro atoms. The van der Waals surface area contributed by atoms with Gasteiger partial charge < -0.3 is 24.7 Å². The van der Waals surface area contributed by atoms with Gasteiger partial charge in [0.25, 0.3) is 0 Å². The molecule has 2 fully saturated rings. The highest BCUT2D eigenvalue weighted by molar-refractivity contribution is 5.94. The van der Waals surface area contributed by atoms with E-state index in [0.29, 0.717) is 18.6 Å². The van der Waals surface area contributed by atoms with Crippen molar-refractivity contribution in [2.75, 3.05) is 20.7 Å². The van der Waals surface area contributed by atoms with Crippen LogP contribution < -0.4 is 4.74 Å². The number of nitrogens with zero attached hydrogens (tertiary/aromatic N) is 2. The lowest BCUT2D eigenvalue weighted by molar-refractivity contribution is -0.161. The van der Waals surface area contributed by atoms with Crippen LogP contribution in [0.2, 0.25) is 0 Å². The number of hydrogen-bond donors (Lipinski definition) is 2. The van der Waals surface area contributed by atoms with Gasteiger partial charge in [-0.15, -0.1) is 0 Å². The molecule has 4 unspecified atom stereocenters. The number of phenolic OH excluding ortho intramolecular Hbond substituents is 1. The summed E-state index contributed by atoms with van der Waals surface area (Å²) in [4.78, 5) is 7.32. The summed E-state index contributed by atoms with van der Waals surface area (Å²) in [5, 5.41) is 26.4. The number of aromatic hydroxyl groups is 1. The van der Waals surface area contributed by atoms with E-state index in [1.165, 1.54) is 12.7 Å². The Morgan fingerprint density at radius 2 is 2.21 bits per heavy atom. The minimum Gasteiger partial charge on any atom is -0.504 e. The van der Waals surface area contributed by atoms with Crippen LogP contribution in [-0.4, -0.2) is 59.3 Å². The number of benzene rings is 1. The van der Waals surface area contributed by atoms with Crippen LogP contribution in [0.3, 0.4) is 0 Å². The molecule has 2 heterocycles. The van der Waals surface area contributed by atoms with E-state index >= 15 is 0 Å². The van der Waals surface area contributed by atoms with Crippen molar-refractivity contribution in [2.45, 2.75) is 48.8 Å². The zero-order valence-electron chi connectivity index (χ0n) is 14.0. The van der Waals surface area contributed by atoms with E-state index in [1.807, 2.05) is 6.07 Å². The van der Waals surface area contributed by atoms with Crippen molar-refractivity contribution >= 4 is 5.71 Å². The number of rotatable bonds is 1. The number of oxime groups is 1. The summed E-state index contributed by atoms with van der Waals surface area (Å²) in [5.41, 5.74) is 1.59. The van der Waals surface area contributed by atoms with Gasteiger partial charge in [-0.1, -0.05) is 11.2 Å². The Labute approximate surface area is 140 Å². The summed E-state index contributed by atoms with van der Waals surface area (Å²) in [6.07, 6.45) is 2.48. The third kappa shape index (κ3) is 1.39. The molecular formula is C18H22N2O4. The molecule has 1 aromatic carbocycles. The maximum Gasteiger partial charge on any atom is 0.166 e. The molecule has 5 rings (SSSR count). The van der Waals surface area contributed by atoms with Crippen molar-refractivity contribution in [3.05, 3.63) is 23.3 Å². The summed E-state index contributed by atoms with van der Waals surface area (Å²) in [6, 6.07) is 3.74. The minimum absolute atomic E-state index is 0.0597. The zero-order chi connectivity index (χ0) is 16.7. The van der Waals surface area contributed by atoms with E-state index in [9.17, 15) is 10.2 Å². The standard InChI is InChI=1S/C18H22N2O4/c1-20-8-7-17-14-10-3-4-12(21)15(14)24-16(17)11(19-23-2)5-6-18(17,22)13(20)9-10/h3-4,13,16,21-22H,5-9H2,1-2H3/b19-11+. The highest BCUT2D eigenvalue weighted by Crippen LogP contribution is 2.64. The van der Waals surface area contributed by atoms with Crippen LogP contribution in [0.5, 0.6) is 11.5 Å². The second-order valence-electron chi connectivity index (χ2n) is 7.56. The minimum atomic E-state index is -0.872. The molecule has 2 aliphatic heterocycles. The van der Waals surface area contributed by atoms with Crippen LogP contribution in [0, 0.1) is 0 Å². The monoisotopic (exact) mass is 330 g/mol. The van der Waals surface area contributed by atoms with E-state index in [2.05, 4.69) is 17.1 Å². The van der Waals surface area contributed by atoms with Gasteiger partial charge in [-0.05, 0) is 50.9 Å². The number of piperidine rings is 1. The SMILES string of the molecule is CO/N=C1\CCC2(O)C3Cc4ccc(O)c5c4C2(CCN3C)C1O5. The Bertz CT molecular complexity index is 764. The van der Waals surface area contributed by atoms with Crippen LogP contribution in [0.4, 0.5) is 0 Å². The maximum absolute atomic E-state index is 11.9. The second kappa shape index (κ2) is 4.43. The molecule has 4 atom stereocenters. The van der Waals surface area contributed by atoms with E-state index in [-0.39, 0.29) is 17.9 Å². The lowest BCUT2D eigenvalue weighted by Gasteiger charge is -2.62. The molecule has 1 saturated carbocycles. The fourth-order valence-corrected chi connectivity index (χ4v) is 5.76. The zero-order valence-corrected chi connectivity index (χ0v) is 14.0. The first-order valence-electron chi connectivity index (χ1n) is 8.57. The van der Waals surface area contributed by atoms with E-state index in [1.54, 1.807) is 6.07 Å². The summed E-state index contributed by atoms with van der Waals surface area (Å²) < 4.78 is 6.24. The Morgan fingerprint density at radius 1 is 1.38 bits per heavy atom. The summed E-state index contributed by atoms with van der Waals surface area (Å²) in [6.45, 7) is 0.891. The van der Waals surface area contributed by atoms with Crippen LogP contribution in [0.1, 0.15) is 30.4 Å². The Morgan fingerprint density at radius 3 is 3.00 bits per heavy atom. The predicted molar refractivity (Wildman–Crippen MR) is 87.6 cm³/mol. The van der Waals surface area contributed by atoms with Gasteiger partial charge in [0.15, 0.2) is 17.6 Å². The van der Waals surface area contributed by atoms with Crippen molar-refractivity contribution in [3.63, 3.8) is 0 Å². The summed E-state index contributed by atoms with van der Waals surface area (Å²) in [7, 11) is 3.63. The summed E-state index contributed by atoms with van der Waals surface area (Å²) >= 11 is 0. The van der Waals surface area contributed by atoms with Crippen LogP contribution >= 0.6 is 0 Å². The highest BCUT2D eigenvalue weighted by Gasteiger charge is 2.72. The third-order valence-corrected chi connectivity index (χ3v) is 6.75. The van der Waals surface area contributed by atoms with Crippen LogP contribution in [-0.2, 0) is 16.7 Å². The molecule has 2 aliphatic carbocycles. The molecule has 1 aromatic rings. The third-order valence-electron chi connectivity index (χ3n) is 6.75. The lowest BCUT2D eigenvalue weighted by Crippen LogP contribution is -2.76. The van der Waals surface area contributed by atoms with Crippen molar-refractivity contribution < 1.29 is 19.8 Å². The van der Waals surface area contributed by atoms with Crippen LogP contribution in [0.15, 0.2) is 17.3 Å². The Hall–Kier alpha value is -1.79. The average molecular weight is 330 g/mol. The van der Waals surface area contributed by atoms with Gasteiger partial charge in [-0.2, -0.15) is 0 Å². The number of likely N-dealkylation sites (tertiary alicyclic amines) is 1. The van der Waals surface area contributed by atoms with Gasteiger partial charge in [-0.3, -0.25) is 0 Å². The summed E-state index contributed by atoms with van der Waals surface area (Å²) in [5.74, 6) is 0.679. The topological polar surface area (TPSA) is 74.5 Å². The number of aliphatic hydroxyl groups is 1. The molecule has 0 radical (unpaired) electrons. The van der Waals surface area contributed by atoms with Crippen molar-refractivity contribution in [3.8, 4) is 11.5 Å². The maximum atomic E-state index is 11.9. The Kier molecular flexibility index (Phi) is 2.69. The van der Waals surface area contributed by atoms with Crippen molar-refractivity contribution in [1.82, 2.24) is 4.90 Å². The molecule has 1 saturated heterocycles. The fraction of sp³-hybridized carbons (Fsp3) is 0.611. The molecule has 0 aromatic heterocycles. The molecule has 2 bridgehead atoms. The van der Waals surface area contributed by atoms with Gasteiger partial charge in [0.05, 0.1) is 16.7 Å². The number of phenols is 1. The van der Waals surface area contributed by atoms with Gasteiger partial charge in [-0.25, -0.2) is 0 Å². The molecule has 4 aliphatic rings. The van der Waals surface area contributed by atoms with Gasteiger partial charge in [0.1, 0.15) is 7.11 Å². The van der Waals surface area contributed by atoms with Crippen molar-refractivity contribution in [2.24, 2.45) is 5.16 Å². The average Bonchev–Trinajstić information content (AvgIpc) is 2.91. The van der Waals surface area contributed by atoms with Crippen LogP contribution in [0.25, 0.3) is 0 Å². The first-order chi connectivity index (χ1) is 11.5. The molecule has 6 nitrogen and oxygen atoms in total. The molecule has 6 heteroatoms. The van der Waals surface area contributed by atoms with Gasteiger partial charge >= 0.3 is 0 Å². The highest BCUT2D eigenvalue weighted by atomic mass is 16.6. The largest absolute Gasteiger partial charge is 0.504 e. The number of likely N-dealkylation sites (N-methyl/N-ethyl adjacent to an activating group) is 1. The number of hydrogen-bond acceptors (Lipinski definition) is 6. The molecule has 24 heavy (non-hydrogen) atoms. The first kappa shape index (κ1) is 14.5. The van der Waals surface area contributed by atoms with Gasteiger partial charge in [0.2, 0.25) is 0 Å². The molecular weight excluding hydrogens is 308 g/mol. The lowest BCUT2D eigenvalue weighted by atomic mass is 9.49. The smallest absolute Gasteiger partial charge is 0.166 e. The molecule has 2 N–H and O–H groups in total. The fourth-order valence-electron chi connectivity index (χ4n) is 5.76. The quantitative estimate of drug-likeness (QED) is 0.757. The molecule has 0 amide bonds. The van der Waals surface area contributed by atoms with Gasteiger partial charge in [0, 0.05) is 11.6 Å². The van der Waals surface area contributed by atoms with E-state index in [4.69, 9.17) is 9.57 Å². The Balaban J connectivity index is 1.83. The normalized spacial score (nSPS) is 41.0. The molecule has 128 valence electrons. The first-order valence-corrected chi connectivity index (χ1v) is 8.57. The van der Waals surface area contributed by atoms with E-state index in [0.717, 1.165) is 30.7 Å².